The van der Waals surface area contributed by atoms with Crippen LogP contribution in [0, 0.1) is 0 Å². The van der Waals surface area contributed by atoms with Crippen LogP contribution < -0.4 is 5.73 Å². The molecule has 2 aromatic rings. The van der Waals surface area contributed by atoms with Gasteiger partial charge in [-0.25, -0.2) is 9.67 Å². The summed E-state index contributed by atoms with van der Waals surface area (Å²) >= 11 is 0. The van der Waals surface area contributed by atoms with Gasteiger partial charge >= 0.3 is 0 Å². The van der Waals surface area contributed by atoms with Crippen molar-refractivity contribution in [2.24, 2.45) is 5.73 Å². The third-order valence-electron chi connectivity index (χ3n) is 4.02. The van der Waals surface area contributed by atoms with Crippen LogP contribution in [-0.2, 0) is 0 Å². The molecule has 1 fully saturated rings. The minimum Gasteiger partial charge on any atom is -0.365 e. The number of carbonyl (C=O) groups excluding carboxylic acids is 1. The molecule has 3 rings (SSSR count). The number of nitrogens with two attached hydrogens (primary N) is 1. The maximum atomic E-state index is 11.5. The lowest BCUT2D eigenvalue weighted by Crippen LogP contribution is -2.29. The van der Waals surface area contributed by atoms with Crippen molar-refractivity contribution >= 4 is 5.91 Å². The lowest BCUT2D eigenvalue weighted by molar-refractivity contribution is 0.1000. The number of nitrogens with zero attached hydrogens (tertiary/aromatic N) is 4. The van der Waals surface area contributed by atoms with Gasteiger partial charge in [0.15, 0.2) is 5.82 Å². The molecule has 110 valence electrons. The lowest BCUT2D eigenvalue weighted by atomic mass is 9.94. The monoisotopic (exact) mass is 285 g/mol. The number of pyridine rings is 1. The van der Waals surface area contributed by atoms with Crippen molar-refractivity contribution in [3.63, 3.8) is 0 Å². The number of carbonyl (C=O) groups is 1. The fourth-order valence-electron chi connectivity index (χ4n) is 2.75. The van der Waals surface area contributed by atoms with Gasteiger partial charge in [0.1, 0.15) is 0 Å². The van der Waals surface area contributed by atoms with Crippen molar-refractivity contribution in [3.05, 3.63) is 41.9 Å². The lowest BCUT2D eigenvalue weighted by Gasteiger charge is -2.27. The molecule has 0 spiro atoms. The SMILES string of the molecule is CN1CCC(c2ccn(-c3ncccc3C(N)=O)n2)CC1. The van der Waals surface area contributed by atoms with Crippen LogP contribution in [0.3, 0.4) is 0 Å². The summed E-state index contributed by atoms with van der Waals surface area (Å²) < 4.78 is 1.65. The summed E-state index contributed by atoms with van der Waals surface area (Å²) in [5.41, 5.74) is 6.84. The van der Waals surface area contributed by atoms with E-state index in [0.29, 0.717) is 17.3 Å². The number of amides is 1. The van der Waals surface area contributed by atoms with E-state index in [-0.39, 0.29) is 0 Å². The first-order valence-electron chi connectivity index (χ1n) is 7.14. The van der Waals surface area contributed by atoms with E-state index < -0.39 is 5.91 Å². The zero-order chi connectivity index (χ0) is 14.8. The topological polar surface area (TPSA) is 77.0 Å². The van der Waals surface area contributed by atoms with Crippen LogP contribution >= 0.6 is 0 Å². The molecule has 2 aromatic heterocycles. The minimum atomic E-state index is -0.491. The smallest absolute Gasteiger partial charge is 0.252 e. The van der Waals surface area contributed by atoms with Gasteiger partial charge in [-0.1, -0.05) is 0 Å². The summed E-state index contributed by atoms with van der Waals surface area (Å²) in [5.74, 6) is 0.474. The average molecular weight is 285 g/mol. The Morgan fingerprint density at radius 3 is 2.81 bits per heavy atom. The molecule has 0 saturated carbocycles. The van der Waals surface area contributed by atoms with Crippen LogP contribution in [0.25, 0.3) is 5.82 Å². The molecule has 6 heteroatoms. The van der Waals surface area contributed by atoms with Crippen molar-refractivity contribution in [2.45, 2.75) is 18.8 Å². The number of rotatable bonds is 3. The first-order chi connectivity index (χ1) is 10.1. The summed E-state index contributed by atoms with van der Waals surface area (Å²) in [6, 6.07) is 5.38. The number of primary amides is 1. The van der Waals surface area contributed by atoms with E-state index in [1.54, 1.807) is 23.0 Å². The molecule has 6 nitrogen and oxygen atoms in total. The highest BCUT2D eigenvalue weighted by Crippen LogP contribution is 2.26. The van der Waals surface area contributed by atoms with E-state index >= 15 is 0 Å². The van der Waals surface area contributed by atoms with Crippen molar-refractivity contribution in [1.29, 1.82) is 0 Å². The zero-order valence-corrected chi connectivity index (χ0v) is 12.1. The van der Waals surface area contributed by atoms with Crippen molar-refractivity contribution < 1.29 is 4.79 Å². The van der Waals surface area contributed by atoms with Crippen molar-refractivity contribution in [2.75, 3.05) is 20.1 Å². The predicted molar refractivity (Wildman–Crippen MR) is 79.3 cm³/mol. The molecule has 1 saturated heterocycles. The molecule has 21 heavy (non-hydrogen) atoms. The molecular formula is C15H19N5O. The number of likely N-dealkylation sites (tertiary alicyclic amines) is 1. The third-order valence-corrected chi connectivity index (χ3v) is 4.02. The number of hydrogen-bond acceptors (Lipinski definition) is 4. The summed E-state index contributed by atoms with van der Waals surface area (Å²) in [4.78, 5) is 18.0. The van der Waals surface area contributed by atoms with Crippen LogP contribution in [0.1, 0.15) is 34.8 Å². The number of piperidine rings is 1. The molecule has 1 aliphatic heterocycles. The molecule has 1 amide bonds. The van der Waals surface area contributed by atoms with E-state index in [1.807, 2.05) is 12.3 Å². The normalized spacial score (nSPS) is 17.0. The first-order valence-corrected chi connectivity index (χ1v) is 7.14. The van der Waals surface area contributed by atoms with Gasteiger partial charge in [-0.05, 0) is 51.2 Å². The minimum absolute atomic E-state index is 0.385. The molecule has 1 aliphatic rings. The first kappa shape index (κ1) is 13.8. The maximum absolute atomic E-state index is 11.5. The molecule has 0 atom stereocenters. The number of hydrogen-bond donors (Lipinski definition) is 1. The molecule has 0 radical (unpaired) electrons. The fraction of sp³-hybridized carbons (Fsp3) is 0.400. The van der Waals surface area contributed by atoms with Gasteiger partial charge in [0.25, 0.3) is 5.91 Å². The van der Waals surface area contributed by atoms with Crippen LogP contribution in [0.4, 0.5) is 0 Å². The standard InChI is InChI=1S/C15H19N5O/c1-19-8-4-11(5-9-19)13-6-10-20(18-13)15-12(14(16)21)3-2-7-17-15/h2-3,6-7,10-11H,4-5,8-9H2,1H3,(H2,16,21). The Morgan fingerprint density at radius 2 is 2.10 bits per heavy atom. The molecule has 3 heterocycles. The van der Waals surface area contributed by atoms with Gasteiger partial charge in [0.2, 0.25) is 0 Å². The Balaban J connectivity index is 1.87. The Hall–Kier alpha value is -2.21. The highest BCUT2D eigenvalue weighted by molar-refractivity contribution is 5.95. The Morgan fingerprint density at radius 1 is 1.33 bits per heavy atom. The van der Waals surface area contributed by atoms with Gasteiger partial charge in [-0.3, -0.25) is 4.79 Å². The van der Waals surface area contributed by atoms with Crippen molar-refractivity contribution in [1.82, 2.24) is 19.7 Å². The van der Waals surface area contributed by atoms with E-state index in [1.165, 1.54) is 0 Å². The number of aromatic nitrogens is 3. The fourth-order valence-corrected chi connectivity index (χ4v) is 2.75. The Kier molecular flexibility index (Phi) is 3.70. The summed E-state index contributed by atoms with van der Waals surface area (Å²) in [5, 5.41) is 4.60. The van der Waals surface area contributed by atoms with Gasteiger partial charge in [-0.15, -0.1) is 0 Å². The van der Waals surface area contributed by atoms with Gasteiger partial charge in [-0.2, -0.15) is 5.10 Å². The van der Waals surface area contributed by atoms with Crippen molar-refractivity contribution in [3.8, 4) is 5.82 Å². The Bertz CT molecular complexity index is 643. The highest BCUT2D eigenvalue weighted by atomic mass is 16.1. The van der Waals surface area contributed by atoms with Gasteiger partial charge in [0, 0.05) is 18.3 Å². The average Bonchev–Trinajstić information content (AvgIpc) is 2.97. The highest BCUT2D eigenvalue weighted by Gasteiger charge is 2.21. The second-order valence-corrected chi connectivity index (χ2v) is 5.50. The Labute approximate surface area is 123 Å². The third kappa shape index (κ3) is 2.80. The van der Waals surface area contributed by atoms with E-state index in [4.69, 9.17) is 5.73 Å². The zero-order valence-electron chi connectivity index (χ0n) is 12.1. The predicted octanol–water partition coefficient (Wildman–Crippen LogP) is 1.18. The van der Waals surface area contributed by atoms with E-state index in [9.17, 15) is 4.79 Å². The van der Waals surface area contributed by atoms with Gasteiger partial charge in [0.05, 0.1) is 11.3 Å². The van der Waals surface area contributed by atoms with Crippen LogP contribution in [0.15, 0.2) is 30.6 Å². The van der Waals surface area contributed by atoms with Crippen LogP contribution in [0.2, 0.25) is 0 Å². The summed E-state index contributed by atoms with van der Waals surface area (Å²) in [6.07, 6.45) is 5.71. The van der Waals surface area contributed by atoms with E-state index in [0.717, 1.165) is 31.6 Å². The maximum Gasteiger partial charge on any atom is 0.252 e. The molecule has 0 aliphatic carbocycles. The molecular weight excluding hydrogens is 266 g/mol. The molecule has 0 unspecified atom stereocenters. The van der Waals surface area contributed by atoms with E-state index in [2.05, 4.69) is 22.0 Å². The molecule has 2 N–H and O–H groups in total. The second kappa shape index (κ2) is 5.65. The quantitative estimate of drug-likeness (QED) is 0.918. The van der Waals surface area contributed by atoms with Crippen LogP contribution in [-0.4, -0.2) is 45.7 Å². The molecule has 0 bridgehead atoms. The summed E-state index contributed by atoms with van der Waals surface area (Å²) in [7, 11) is 2.14. The van der Waals surface area contributed by atoms with Gasteiger partial charge < -0.3 is 10.6 Å². The summed E-state index contributed by atoms with van der Waals surface area (Å²) in [6.45, 7) is 2.18. The van der Waals surface area contributed by atoms with Crippen LogP contribution in [0.5, 0.6) is 0 Å². The second-order valence-electron chi connectivity index (χ2n) is 5.50. The molecule has 0 aromatic carbocycles. The largest absolute Gasteiger partial charge is 0.365 e.